The van der Waals surface area contributed by atoms with Crippen molar-refractivity contribution >= 4 is 28.0 Å². The fraction of sp³-hybridized carbons (Fsp3) is 0.0294. The number of hydrogen-bond donors (Lipinski definition) is 0. The van der Waals surface area contributed by atoms with Crippen LogP contribution in [0.15, 0.2) is 119 Å². The van der Waals surface area contributed by atoms with Crippen LogP contribution < -0.4 is 15.1 Å². The molecule has 1 aliphatic heterocycles. The summed E-state index contributed by atoms with van der Waals surface area (Å²) in [6, 6.07) is 29.3. The SMILES string of the molecule is Cc1coc2cc(N3c4ccc(F)cc4-c4ccccc4Oc4ccccc4-c4cc(F)ccc43)ccc2c1=O. The Morgan fingerprint density at radius 2 is 1.23 bits per heavy atom. The highest BCUT2D eigenvalue weighted by Gasteiger charge is 2.26. The Balaban J connectivity index is 1.62. The van der Waals surface area contributed by atoms with Gasteiger partial charge in [0, 0.05) is 39.6 Å². The van der Waals surface area contributed by atoms with Gasteiger partial charge in [0.2, 0.25) is 0 Å². The number of ether oxygens (including phenoxy) is 1. The summed E-state index contributed by atoms with van der Waals surface area (Å²) >= 11 is 0. The second-order valence-corrected chi connectivity index (χ2v) is 9.68. The molecular formula is C34H21F2NO3. The van der Waals surface area contributed by atoms with Crippen LogP contribution in [0.3, 0.4) is 0 Å². The van der Waals surface area contributed by atoms with E-state index in [2.05, 4.69) is 0 Å². The quantitative estimate of drug-likeness (QED) is 0.213. The van der Waals surface area contributed by atoms with Crippen molar-refractivity contribution in [2.75, 3.05) is 4.90 Å². The first-order chi connectivity index (χ1) is 19.5. The first-order valence-electron chi connectivity index (χ1n) is 12.8. The molecule has 0 saturated heterocycles. The zero-order valence-corrected chi connectivity index (χ0v) is 21.3. The number of para-hydroxylation sites is 2. The van der Waals surface area contributed by atoms with Crippen molar-refractivity contribution in [3.63, 3.8) is 0 Å². The standard InChI is InChI=1S/C34H21F2NO3/c1-20-19-39-33-18-23(12-13-26(33)34(20)38)37-29-14-10-21(35)16-27(29)24-6-2-4-8-31(24)40-32-9-5-3-7-25(32)28-17-22(36)11-15-30(28)37/h2-19H,1H3. The maximum atomic E-state index is 14.9. The van der Waals surface area contributed by atoms with Gasteiger partial charge in [-0.1, -0.05) is 36.4 Å². The van der Waals surface area contributed by atoms with E-state index in [0.29, 0.717) is 67.3 Å². The zero-order chi connectivity index (χ0) is 27.4. The Morgan fingerprint density at radius 1 is 0.650 bits per heavy atom. The van der Waals surface area contributed by atoms with E-state index in [4.69, 9.17) is 9.15 Å². The zero-order valence-electron chi connectivity index (χ0n) is 21.3. The van der Waals surface area contributed by atoms with Gasteiger partial charge in [0.25, 0.3) is 0 Å². The van der Waals surface area contributed by atoms with E-state index in [1.54, 1.807) is 31.2 Å². The number of hydrogen-bond acceptors (Lipinski definition) is 4. The molecule has 0 N–H and O–H groups in total. The Labute approximate surface area is 228 Å². The molecule has 6 heteroatoms. The predicted octanol–water partition coefficient (Wildman–Crippen LogP) is 9.29. The molecule has 4 nitrogen and oxygen atoms in total. The first kappa shape index (κ1) is 23.9. The Hall–Kier alpha value is -5.23. The molecule has 6 aromatic rings. The molecule has 0 fully saturated rings. The summed E-state index contributed by atoms with van der Waals surface area (Å²) in [7, 11) is 0. The van der Waals surface area contributed by atoms with Crippen LogP contribution in [0.2, 0.25) is 0 Å². The predicted molar refractivity (Wildman–Crippen MR) is 153 cm³/mol. The molecule has 0 bridgehead atoms. The van der Waals surface area contributed by atoms with Gasteiger partial charge in [-0.05, 0) is 67.6 Å². The normalized spacial score (nSPS) is 12.1. The fourth-order valence-corrected chi connectivity index (χ4v) is 5.27. The van der Waals surface area contributed by atoms with Gasteiger partial charge in [-0.2, -0.15) is 0 Å². The Morgan fingerprint density at radius 3 is 1.82 bits per heavy atom. The smallest absolute Gasteiger partial charge is 0.195 e. The molecule has 194 valence electrons. The lowest BCUT2D eigenvalue weighted by atomic mass is 9.96. The second kappa shape index (κ2) is 9.20. The molecular weight excluding hydrogens is 508 g/mol. The third-order valence-electron chi connectivity index (χ3n) is 7.16. The molecule has 1 aromatic heterocycles. The van der Waals surface area contributed by atoms with E-state index in [9.17, 15) is 13.6 Å². The van der Waals surface area contributed by atoms with E-state index in [1.165, 1.54) is 30.5 Å². The highest BCUT2D eigenvalue weighted by Crippen LogP contribution is 2.50. The molecule has 0 spiro atoms. The molecule has 0 atom stereocenters. The van der Waals surface area contributed by atoms with Gasteiger partial charge < -0.3 is 14.1 Å². The van der Waals surface area contributed by atoms with E-state index in [1.807, 2.05) is 59.5 Å². The minimum Gasteiger partial charge on any atom is -0.464 e. The van der Waals surface area contributed by atoms with Gasteiger partial charge in [0.05, 0.1) is 23.0 Å². The summed E-state index contributed by atoms with van der Waals surface area (Å²) in [5.74, 6) is 0.235. The summed E-state index contributed by atoms with van der Waals surface area (Å²) in [4.78, 5) is 14.7. The van der Waals surface area contributed by atoms with E-state index in [-0.39, 0.29) is 5.43 Å². The number of fused-ring (bicyclic) bond motifs is 7. The van der Waals surface area contributed by atoms with Crippen LogP contribution in [-0.2, 0) is 0 Å². The van der Waals surface area contributed by atoms with Crippen molar-refractivity contribution in [2.45, 2.75) is 6.92 Å². The Bertz CT molecular complexity index is 1920. The van der Waals surface area contributed by atoms with Crippen molar-refractivity contribution in [1.82, 2.24) is 0 Å². The lowest BCUT2D eigenvalue weighted by molar-refractivity contribution is 0.486. The van der Waals surface area contributed by atoms with Gasteiger partial charge in [-0.15, -0.1) is 0 Å². The van der Waals surface area contributed by atoms with Gasteiger partial charge in [0.1, 0.15) is 28.7 Å². The van der Waals surface area contributed by atoms with Crippen molar-refractivity contribution < 1.29 is 17.9 Å². The monoisotopic (exact) mass is 529 g/mol. The highest BCUT2D eigenvalue weighted by molar-refractivity contribution is 5.97. The first-order valence-corrected chi connectivity index (χ1v) is 12.8. The number of rotatable bonds is 1. The molecule has 40 heavy (non-hydrogen) atoms. The van der Waals surface area contributed by atoms with E-state index >= 15 is 0 Å². The minimum absolute atomic E-state index is 0.112. The lowest BCUT2D eigenvalue weighted by Crippen LogP contribution is -2.14. The average molecular weight is 530 g/mol. The fourth-order valence-electron chi connectivity index (χ4n) is 5.27. The van der Waals surface area contributed by atoms with Crippen LogP contribution in [0.1, 0.15) is 5.56 Å². The molecule has 7 rings (SSSR count). The van der Waals surface area contributed by atoms with Gasteiger partial charge in [0.15, 0.2) is 5.43 Å². The molecule has 0 radical (unpaired) electrons. The highest BCUT2D eigenvalue weighted by atomic mass is 19.1. The third-order valence-corrected chi connectivity index (χ3v) is 7.16. The number of aryl methyl sites for hydroxylation is 1. The summed E-state index contributed by atoms with van der Waals surface area (Å²) in [6.07, 6.45) is 1.44. The topological polar surface area (TPSA) is 42.7 Å². The third kappa shape index (κ3) is 3.84. The summed E-state index contributed by atoms with van der Waals surface area (Å²) in [5.41, 5.74) is 5.25. The van der Waals surface area contributed by atoms with Crippen LogP contribution in [-0.4, -0.2) is 0 Å². The summed E-state index contributed by atoms with van der Waals surface area (Å²) in [5, 5.41) is 0.451. The van der Waals surface area contributed by atoms with Crippen molar-refractivity contribution in [1.29, 1.82) is 0 Å². The molecule has 1 aliphatic rings. The second-order valence-electron chi connectivity index (χ2n) is 9.68. The molecule has 5 aromatic carbocycles. The van der Waals surface area contributed by atoms with Crippen LogP contribution in [0.5, 0.6) is 11.5 Å². The van der Waals surface area contributed by atoms with Crippen LogP contribution in [0, 0.1) is 18.6 Å². The lowest BCUT2D eigenvalue weighted by Gasteiger charge is -2.31. The molecule has 2 heterocycles. The summed E-state index contributed by atoms with van der Waals surface area (Å²) < 4.78 is 41.9. The van der Waals surface area contributed by atoms with Crippen LogP contribution >= 0.6 is 0 Å². The van der Waals surface area contributed by atoms with Gasteiger partial charge in [-0.3, -0.25) is 4.79 Å². The minimum atomic E-state index is -0.412. The van der Waals surface area contributed by atoms with E-state index in [0.717, 1.165) is 0 Å². The van der Waals surface area contributed by atoms with Crippen molar-refractivity contribution in [3.05, 3.63) is 137 Å². The van der Waals surface area contributed by atoms with E-state index < -0.39 is 11.6 Å². The van der Waals surface area contributed by atoms with Crippen LogP contribution in [0.25, 0.3) is 33.2 Å². The van der Waals surface area contributed by atoms with Crippen molar-refractivity contribution in [2.24, 2.45) is 0 Å². The summed E-state index contributed by atoms with van der Waals surface area (Å²) in [6.45, 7) is 1.70. The van der Waals surface area contributed by atoms with Gasteiger partial charge in [-0.25, -0.2) is 8.78 Å². The maximum absolute atomic E-state index is 14.9. The van der Waals surface area contributed by atoms with Crippen molar-refractivity contribution in [3.8, 4) is 33.8 Å². The number of anilines is 3. The maximum Gasteiger partial charge on any atom is 0.195 e. The number of nitrogens with zero attached hydrogens (tertiary/aromatic N) is 1. The van der Waals surface area contributed by atoms with Gasteiger partial charge >= 0.3 is 0 Å². The van der Waals surface area contributed by atoms with Crippen LogP contribution in [0.4, 0.5) is 25.8 Å². The molecule has 0 unspecified atom stereocenters. The largest absolute Gasteiger partial charge is 0.464 e. The Kier molecular flexibility index (Phi) is 5.49. The molecule has 0 amide bonds. The number of halogens is 2. The average Bonchev–Trinajstić information content (AvgIpc) is 2.97. The molecule has 0 aliphatic carbocycles. The molecule has 0 saturated carbocycles. The number of benzene rings is 5.